The minimum Gasteiger partial charge on any atom is -0.488 e. The Balaban J connectivity index is 1.62. The van der Waals surface area contributed by atoms with E-state index in [4.69, 9.17) is 14.2 Å². The number of fused-ring (bicyclic) bond motifs is 1. The van der Waals surface area contributed by atoms with E-state index in [1.807, 2.05) is 69.3 Å². The highest BCUT2D eigenvalue weighted by Crippen LogP contribution is 2.34. The van der Waals surface area contributed by atoms with Crippen molar-refractivity contribution in [2.45, 2.75) is 52.0 Å². The molecule has 0 saturated heterocycles. The van der Waals surface area contributed by atoms with E-state index in [-0.39, 0.29) is 0 Å². The lowest BCUT2D eigenvalue weighted by atomic mass is 10.0. The summed E-state index contributed by atoms with van der Waals surface area (Å²) in [6.45, 7) is 6.01. The van der Waals surface area contributed by atoms with Gasteiger partial charge in [0.25, 0.3) is 0 Å². The van der Waals surface area contributed by atoms with Crippen molar-refractivity contribution in [3.05, 3.63) is 59.7 Å². The Labute approximate surface area is 154 Å². The lowest BCUT2D eigenvalue weighted by molar-refractivity contribution is 0.0365. The normalized spacial score (nSPS) is 16.2. The molecule has 5 nitrogen and oxygen atoms in total. The van der Waals surface area contributed by atoms with Gasteiger partial charge in [0, 0.05) is 12.0 Å². The van der Waals surface area contributed by atoms with Crippen LogP contribution < -0.4 is 14.8 Å². The topological polar surface area (TPSA) is 56.8 Å². The zero-order valence-electron chi connectivity index (χ0n) is 15.5. The van der Waals surface area contributed by atoms with Crippen molar-refractivity contribution in [3.63, 3.8) is 0 Å². The summed E-state index contributed by atoms with van der Waals surface area (Å²) in [5.74, 6) is 1.56. The number of nitrogens with one attached hydrogen (secondary N) is 1. The molecule has 0 bridgehead atoms. The lowest BCUT2D eigenvalue weighted by Gasteiger charge is -2.29. The van der Waals surface area contributed by atoms with E-state index in [9.17, 15) is 4.79 Å². The van der Waals surface area contributed by atoms with Gasteiger partial charge in [0.15, 0.2) is 6.23 Å². The highest BCUT2D eigenvalue weighted by atomic mass is 16.6. The van der Waals surface area contributed by atoms with Gasteiger partial charge in [-0.2, -0.15) is 0 Å². The van der Waals surface area contributed by atoms with Crippen molar-refractivity contribution >= 4 is 6.09 Å². The van der Waals surface area contributed by atoms with Crippen LogP contribution in [0.3, 0.4) is 0 Å². The Kier molecular flexibility index (Phi) is 5.35. The molecule has 1 unspecified atom stereocenters. The van der Waals surface area contributed by atoms with Crippen LogP contribution in [0.25, 0.3) is 0 Å². The number of benzene rings is 2. The van der Waals surface area contributed by atoms with Crippen molar-refractivity contribution in [1.29, 1.82) is 0 Å². The number of alkyl carbamates (subject to hydrolysis) is 1. The lowest BCUT2D eigenvalue weighted by Crippen LogP contribution is -2.43. The van der Waals surface area contributed by atoms with E-state index in [1.54, 1.807) is 0 Å². The van der Waals surface area contributed by atoms with E-state index in [1.165, 1.54) is 0 Å². The predicted octanol–water partition coefficient (Wildman–Crippen LogP) is 4.44. The van der Waals surface area contributed by atoms with Crippen LogP contribution in [0.2, 0.25) is 0 Å². The van der Waals surface area contributed by atoms with Crippen molar-refractivity contribution in [3.8, 4) is 11.5 Å². The monoisotopic (exact) mass is 355 g/mol. The smallest absolute Gasteiger partial charge is 0.410 e. The van der Waals surface area contributed by atoms with E-state index >= 15 is 0 Å². The first-order valence-electron chi connectivity index (χ1n) is 8.85. The van der Waals surface area contributed by atoms with Crippen molar-refractivity contribution in [2.75, 3.05) is 0 Å². The minimum absolute atomic E-state index is 0.401. The van der Waals surface area contributed by atoms with E-state index in [0.717, 1.165) is 29.0 Å². The molecule has 0 aromatic heterocycles. The fourth-order valence-electron chi connectivity index (χ4n) is 2.80. The van der Waals surface area contributed by atoms with Gasteiger partial charge in [-0.3, -0.25) is 5.32 Å². The minimum atomic E-state index is -0.533. The van der Waals surface area contributed by atoms with Crippen LogP contribution in [-0.4, -0.2) is 17.9 Å². The summed E-state index contributed by atoms with van der Waals surface area (Å²) < 4.78 is 17.2. The molecule has 0 radical (unpaired) electrons. The van der Waals surface area contributed by atoms with Gasteiger partial charge in [-0.1, -0.05) is 36.4 Å². The number of amides is 1. The average molecular weight is 355 g/mol. The predicted molar refractivity (Wildman–Crippen MR) is 99.3 cm³/mol. The van der Waals surface area contributed by atoms with Gasteiger partial charge >= 0.3 is 6.09 Å². The van der Waals surface area contributed by atoms with Gasteiger partial charge in [-0.15, -0.1) is 0 Å². The Morgan fingerprint density at radius 3 is 2.65 bits per heavy atom. The van der Waals surface area contributed by atoms with Crippen LogP contribution in [0, 0.1) is 0 Å². The molecule has 138 valence electrons. The fourth-order valence-corrected chi connectivity index (χ4v) is 2.80. The van der Waals surface area contributed by atoms with Crippen LogP contribution in [0.1, 0.15) is 38.3 Å². The number of carbonyl (C=O) groups excluding carboxylic acids is 1. The molecule has 0 aliphatic carbocycles. The summed E-state index contributed by atoms with van der Waals surface area (Å²) in [5, 5.41) is 2.77. The molecule has 2 aromatic rings. The van der Waals surface area contributed by atoms with Crippen LogP contribution in [0.4, 0.5) is 4.79 Å². The third-order valence-corrected chi connectivity index (χ3v) is 3.93. The second-order valence-corrected chi connectivity index (χ2v) is 7.30. The SMILES string of the molecule is CC(C)(C)OC(=O)NC1CCc2c(OCc3ccccc3)cccc2O1. The van der Waals surface area contributed by atoms with Gasteiger partial charge in [0.05, 0.1) is 0 Å². The fraction of sp³-hybridized carbons (Fsp3) is 0.381. The Morgan fingerprint density at radius 2 is 1.92 bits per heavy atom. The summed E-state index contributed by atoms with van der Waals surface area (Å²) in [6.07, 6.45) is 0.558. The molecule has 1 N–H and O–H groups in total. The van der Waals surface area contributed by atoms with E-state index in [2.05, 4.69) is 5.32 Å². The van der Waals surface area contributed by atoms with Gasteiger partial charge in [0.2, 0.25) is 0 Å². The number of hydrogen-bond donors (Lipinski definition) is 1. The number of ether oxygens (including phenoxy) is 3. The van der Waals surface area contributed by atoms with Gasteiger partial charge in [-0.25, -0.2) is 4.79 Å². The Bertz CT molecular complexity index is 752. The average Bonchev–Trinajstić information content (AvgIpc) is 2.59. The zero-order valence-corrected chi connectivity index (χ0v) is 15.5. The summed E-state index contributed by atoms with van der Waals surface area (Å²) in [4.78, 5) is 11.9. The van der Waals surface area contributed by atoms with Crippen molar-refractivity contribution in [1.82, 2.24) is 5.32 Å². The molecular weight excluding hydrogens is 330 g/mol. The molecule has 5 heteroatoms. The summed E-state index contributed by atoms with van der Waals surface area (Å²) in [5.41, 5.74) is 1.62. The van der Waals surface area contributed by atoms with Crippen molar-refractivity contribution in [2.24, 2.45) is 0 Å². The highest BCUT2D eigenvalue weighted by molar-refractivity contribution is 5.68. The molecule has 0 saturated carbocycles. The summed E-state index contributed by atoms with van der Waals surface area (Å²) in [7, 11) is 0. The second-order valence-electron chi connectivity index (χ2n) is 7.30. The largest absolute Gasteiger partial charge is 0.488 e. The second kappa shape index (κ2) is 7.68. The molecule has 1 aliphatic heterocycles. The van der Waals surface area contributed by atoms with Crippen molar-refractivity contribution < 1.29 is 19.0 Å². The molecule has 1 amide bonds. The molecule has 1 atom stereocenters. The third-order valence-electron chi connectivity index (χ3n) is 3.93. The number of carbonyl (C=O) groups is 1. The molecule has 1 aliphatic rings. The van der Waals surface area contributed by atoms with E-state index in [0.29, 0.717) is 13.0 Å². The van der Waals surface area contributed by atoms with Crippen LogP contribution in [-0.2, 0) is 17.8 Å². The quantitative estimate of drug-likeness (QED) is 0.881. The summed E-state index contributed by atoms with van der Waals surface area (Å²) >= 11 is 0. The number of rotatable bonds is 4. The Hall–Kier alpha value is -2.69. The maximum Gasteiger partial charge on any atom is 0.410 e. The van der Waals surface area contributed by atoms with E-state index < -0.39 is 17.9 Å². The first-order chi connectivity index (χ1) is 12.4. The first kappa shape index (κ1) is 18.1. The zero-order chi connectivity index (χ0) is 18.6. The molecule has 2 aromatic carbocycles. The van der Waals surface area contributed by atoms with Crippen LogP contribution >= 0.6 is 0 Å². The molecule has 1 heterocycles. The van der Waals surface area contributed by atoms with Gasteiger partial charge in [0.1, 0.15) is 23.7 Å². The molecule has 0 fully saturated rings. The van der Waals surface area contributed by atoms with Gasteiger partial charge in [-0.05, 0) is 44.9 Å². The maximum atomic E-state index is 11.9. The summed E-state index contributed by atoms with van der Waals surface area (Å²) in [6, 6.07) is 15.8. The standard InChI is InChI=1S/C21H25NO4/c1-21(2,3)26-20(23)22-19-13-12-16-17(10-7-11-18(16)25-19)24-14-15-8-5-4-6-9-15/h4-11,19H,12-14H2,1-3H3,(H,22,23). The van der Waals surface area contributed by atoms with Gasteiger partial charge < -0.3 is 14.2 Å². The Morgan fingerprint density at radius 1 is 1.15 bits per heavy atom. The third kappa shape index (κ3) is 4.91. The maximum absolute atomic E-state index is 11.9. The molecule has 3 rings (SSSR count). The molecular formula is C21H25NO4. The number of hydrogen-bond acceptors (Lipinski definition) is 4. The molecule has 26 heavy (non-hydrogen) atoms. The highest BCUT2D eigenvalue weighted by Gasteiger charge is 2.26. The van der Waals surface area contributed by atoms with Crippen LogP contribution in [0.15, 0.2) is 48.5 Å². The molecule has 0 spiro atoms. The first-order valence-corrected chi connectivity index (χ1v) is 8.85. The van der Waals surface area contributed by atoms with Crippen LogP contribution in [0.5, 0.6) is 11.5 Å².